The molecule has 1 unspecified atom stereocenters. The molecule has 0 aliphatic heterocycles. The average molecular weight is 301 g/mol. The SMILES string of the molecule is S=[PH](Cc1ccccc1Cl)c1ccc(Cl)cc1. The normalized spacial score (nSPS) is 12.4. The predicted octanol–water partition coefficient (Wildman–Crippen LogP) is 4.50. The summed E-state index contributed by atoms with van der Waals surface area (Å²) in [6, 6.07) is 15.7. The minimum absolute atomic E-state index is 0.747. The molecule has 0 fully saturated rings. The van der Waals surface area contributed by atoms with Gasteiger partial charge in [0.2, 0.25) is 0 Å². The maximum absolute atomic E-state index is 6.13. The monoisotopic (exact) mass is 300 g/mol. The van der Waals surface area contributed by atoms with Crippen LogP contribution in [-0.2, 0) is 18.0 Å². The second-order valence-electron chi connectivity index (χ2n) is 3.70. The van der Waals surface area contributed by atoms with Gasteiger partial charge in [0, 0.05) is 16.2 Å². The largest absolute Gasteiger partial charge is 0.0956 e. The quantitative estimate of drug-likeness (QED) is 0.752. The van der Waals surface area contributed by atoms with Crippen LogP contribution >= 0.6 is 29.9 Å². The molecule has 0 bridgehead atoms. The van der Waals surface area contributed by atoms with Crippen molar-refractivity contribution in [2.75, 3.05) is 0 Å². The lowest BCUT2D eigenvalue weighted by Gasteiger charge is -2.07. The molecule has 0 nitrogen and oxygen atoms in total. The van der Waals surface area contributed by atoms with Crippen LogP contribution in [0.15, 0.2) is 48.5 Å². The molecule has 0 N–H and O–H groups in total. The van der Waals surface area contributed by atoms with Gasteiger partial charge in [0.25, 0.3) is 0 Å². The van der Waals surface area contributed by atoms with Crippen LogP contribution in [0.25, 0.3) is 0 Å². The first-order valence-corrected chi connectivity index (χ1v) is 8.78. The van der Waals surface area contributed by atoms with Gasteiger partial charge >= 0.3 is 0 Å². The predicted molar refractivity (Wildman–Crippen MR) is 81.9 cm³/mol. The Kier molecular flexibility index (Phi) is 4.64. The van der Waals surface area contributed by atoms with E-state index in [1.807, 2.05) is 48.5 Å². The van der Waals surface area contributed by atoms with Crippen LogP contribution in [0.5, 0.6) is 0 Å². The van der Waals surface area contributed by atoms with Gasteiger partial charge in [0.05, 0.1) is 0 Å². The zero-order valence-electron chi connectivity index (χ0n) is 8.99. The van der Waals surface area contributed by atoms with E-state index in [2.05, 4.69) is 0 Å². The first kappa shape index (κ1) is 13.1. The summed E-state index contributed by atoms with van der Waals surface area (Å²) < 4.78 is 0. The molecule has 0 radical (unpaired) electrons. The standard InChI is InChI=1S/C13H11Cl2PS/c14-11-5-7-12(8-6-11)16(17)9-10-3-1-2-4-13(10)15/h1-8,16H,9H2. The maximum atomic E-state index is 6.13. The molecule has 2 aromatic carbocycles. The third kappa shape index (κ3) is 3.56. The van der Waals surface area contributed by atoms with Gasteiger partial charge in [0.1, 0.15) is 0 Å². The van der Waals surface area contributed by atoms with Crippen LogP contribution in [0.2, 0.25) is 10.0 Å². The van der Waals surface area contributed by atoms with E-state index in [-0.39, 0.29) is 0 Å². The van der Waals surface area contributed by atoms with Crippen molar-refractivity contribution in [1.82, 2.24) is 0 Å². The minimum atomic E-state index is -1.02. The number of rotatable bonds is 3. The van der Waals surface area contributed by atoms with Crippen LogP contribution in [0.3, 0.4) is 0 Å². The van der Waals surface area contributed by atoms with Crippen molar-refractivity contribution in [1.29, 1.82) is 0 Å². The molecule has 0 aromatic heterocycles. The first-order chi connectivity index (χ1) is 8.16. The molecular formula is C13H11Cl2PS. The topological polar surface area (TPSA) is 0 Å². The van der Waals surface area contributed by atoms with Gasteiger partial charge in [-0.25, -0.2) is 0 Å². The van der Waals surface area contributed by atoms with Crippen molar-refractivity contribution in [3.8, 4) is 0 Å². The van der Waals surface area contributed by atoms with E-state index in [1.165, 1.54) is 5.30 Å². The molecule has 0 amide bonds. The second kappa shape index (κ2) is 6.02. The van der Waals surface area contributed by atoms with Crippen molar-refractivity contribution >= 4 is 47.0 Å². The average Bonchev–Trinajstić information content (AvgIpc) is 2.33. The highest BCUT2D eigenvalue weighted by Gasteiger charge is 2.04. The Bertz CT molecular complexity index is 537. The summed E-state index contributed by atoms with van der Waals surface area (Å²) in [5, 5.41) is 2.75. The summed E-state index contributed by atoms with van der Waals surface area (Å²) in [6.45, 7) is -1.02. The third-order valence-electron chi connectivity index (χ3n) is 2.48. The van der Waals surface area contributed by atoms with Gasteiger partial charge in [0.15, 0.2) is 0 Å². The summed E-state index contributed by atoms with van der Waals surface area (Å²) >= 11 is 17.6. The van der Waals surface area contributed by atoms with Crippen LogP contribution in [-0.4, -0.2) is 0 Å². The second-order valence-corrected chi connectivity index (χ2v) is 7.80. The molecule has 0 aliphatic rings. The lowest BCUT2D eigenvalue weighted by Crippen LogP contribution is -1.96. The van der Waals surface area contributed by atoms with Crippen LogP contribution < -0.4 is 5.30 Å². The molecule has 0 aliphatic carbocycles. The van der Waals surface area contributed by atoms with Crippen molar-refractivity contribution in [3.05, 3.63) is 64.1 Å². The zero-order chi connectivity index (χ0) is 12.3. The van der Waals surface area contributed by atoms with E-state index < -0.39 is 6.70 Å². The van der Waals surface area contributed by atoms with E-state index in [0.717, 1.165) is 21.8 Å². The van der Waals surface area contributed by atoms with Gasteiger partial charge in [-0.15, -0.1) is 0 Å². The lowest BCUT2D eigenvalue weighted by atomic mass is 10.2. The number of halogens is 2. The van der Waals surface area contributed by atoms with Gasteiger partial charge in [-0.1, -0.05) is 65.3 Å². The summed E-state index contributed by atoms with van der Waals surface area (Å²) in [5.74, 6) is 0. The lowest BCUT2D eigenvalue weighted by molar-refractivity contribution is 1.41. The highest BCUT2D eigenvalue weighted by molar-refractivity contribution is 8.08. The molecule has 0 saturated carbocycles. The number of benzene rings is 2. The van der Waals surface area contributed by atoms with Crippen molar-refractivity contribution in [2.45, 2.75) is 6.16 Å². The van der Waals surface area contributed by atoms with Gasteiger partial charge < -0.3 is 0 Å². The summed E-state index contributed by atoms with van der Waals surface area (Å²) in [4.78, 5) is 0. The van der Waals surface area contributed by atoms with Gasteiger partial charge in [-0.05, 0) is 35.8 Å². The molecule has 17 heavy (non-hydrogen) atoms. The third-order valence-corrected chi connectivity index (χ3v) is 5.92. The van der Waals surface area contributed by atoms with Crippen molar-refractivity contribution in [3.63, 3.8) is 0 Å². The van der Waals surface area contributed by atoms with Gasteiger partial charge in [-0.2, -0.15) is 0 Å². The number of hydrogen-bond acceptors (Lipinski definition) is 1. The molecule has 0 saturated heterocycles. The molecule has 0 heterocycles. The van der Waals surface area contributed by atoms with Crippen LogP contribution in [0.4, 0.5) is 0 Å². The van der Waals surface area contributed by atoms with E-state index in [0.29, 0.717) is 0 Å². The van der Waals surface area contributed by atoms with E-state index in [1.54, 1.807) is 0 Å². The maximum Gasteiger partial charge on any atom is 0.0441 e. The Morgan fingerprint density at radius 2 is 1.59 bits per heavy atom. The first-order valence-electron chi connectivity index (χ1n) is 5.19. The molecule has 4 heteroatoms. The van der Waals surface area contributed by atoms with E-state index >= 15 is 0 Å². The summed E-state index contributed by atoms with van der Waals surface area (Å²) in [6.07, 6.45) is 0.862. The Morgan fingerprint density at radius 1 is 0.941 bits per heavy atom. The number of hydrogen-bond donors (Lipinski definition) is 0. The fraction of sp³-hybridized carbons (Fsp3) is 0.0769. The molecule has 88 valence electrons. The van der Waals surface area contributed by atoms with Crippen molar-refractivity contribution < 1.29 is 0 Å². The summed E-state index contributed by atoms with van der Waals surface area (Å²) in [7, 11) is 0. The Hall–Kier alpha value is -0.330. The Labute approximate surface area is 117 Å². The Balaban J connectivity index is 2.17. The van der Waals surface area contributed by atoms with E-state index in [9.17, 15) is 0 Å². The fourth-order valence-electron chi connectivity index (χ4n) is 1.55. The smallest absolute Gasteiger partial charge is 0.0441 e. The highest BCUT2D eigenvalue weighted by atomic mass is 35.5. The Morgan fingerprint density at radius 3 is 2.24 bits per heavy atom. The highest BCUT2D eigenvalue weighted by Crippen LogP contribution is 2.30. The van der Waals surface area contributed by atoms with Crippen LogP contribution in [0, 0.1) is 0 Å². The van der Waals surface area contributed by atoms with Crippen molar-refractivity contribution in [2.24, 2.45) is 0 Å². The van der Waals surface area contributed by atoms with Crippen LogP contribution in [0.1, 0.15) is 5.56 Å². The molecule has 2 rings (SSSR count). The molecule has 0 spiro atoms. The molecule has 1 atom stereocenters. The molecular weight excluding hydrogens is 290 g/mol. The molecule has 2 aromatic rings. The zero-order valence-corrected chi connectivity index (χ0v) is 12.3. The van der Waals surface area contributed by atoms with E-state index in [4.69, 9.17) is 35.0 Å². The van der Waals surface area contributed by atoms with Gasteiger partial charge in [-0.3, -0.25) is 0 Å². The minimum Gasteiger partial charge on any atom is -0.0956 e. The fourth-order valence-corrected chi connectivity index (χ4v) is 4.26. The summed E-state index contributed by atoms with van der Waals surface area (Å²) in [5.41, 5.74) is 1.13.